The molecule has 0 unspecified atom stereocenters. The molecule has 0 spiro atoms. The van der Waals surface area contributed by atoms with Crippen LogP contribution in [0.5, 0.6) is 0 Å². The molecule has 0 amide bonds. The largest absolute Gasteiger partial charge is 0.381 e. The fourth-order valence-electron chi connectivity index (χ4n) is 1.87. The van der Waals surface area contributed by atoms with Crippen molar-refractivity contribution in [3.63, 3.8) is 0 Å². The first kappa shape index (κ1) is 13.5. The molecule has 1 saturated heterocycles. The molecular formula is C13H23NO2. The molecule has 0 aromatic carbocycles. The van der Waals surface area contributed by atoms with E-state index in [1.54, 1.807) is 0 Å². The minimum atomic E-state index is -0.184. The summed E-state index contributed by atoms with van der Waals surface area (Å²) in [5.41, 5.74) is -0.184. The third kappa shape index (κ3) is 4.51. The summed E-state index contributed by atoms with van der Waals surface area (Å²) in [6, 6.07) is 2.46. The average molecular weight is 225 g/mol. The molecule has 92 valence electrons. The second-order valence-electron chi connectivity index (χ2n) is 5.05. The van der Waals surface area contributed by atoms with Gasteiger partial charge in [-0.15, -0.1) is 0 Å². The maximum Gasteiger partial charge on any atom is 0.0692 e. The molecule has 0 radical (unpaired) electrons. The summed E-state index contributed by atoms with van der Waals surface area (Å²) < 4.78 is 10.9. The number of ether oxygens (including phenoxy) is 2. The van der Waals surface area contributed by atoms with Crippen molar-refractivity contribution in [1.29, 1.82) is 5.26 Å². The van der Waals surface area contributed by atoms with Crippen LogP contribution in [0.4, 0.5) is 0 Å². The van der Waals surface area contributed by atoms with Crippen LogP contribution in [0.2, 0.25) is 0 Å². The molecule has 1 rings (SSSR count). The van der Waals surface area contributed by atoms with Crippen LogP contribution >= 0.6 is 0 Å². The van der Waals surface area contributed by atoms with Crippen molar-refractivity contribution in [1.82, 2.24) is 0 Å². The van der Waals surface area contributed by atoms with Crippen molar-refractivity contribution in [3.8, 4) is 6.07 Å². The van der Waals surface area contributed by atoms with Gasteiger partial charge >= 0.3 is 0 Å². The SMILES string of the molecule is CC(C)CCOCCC1(C#N)CCOCC1. The first-order valence-corrected chi connectivity index (χ1v) is 6.25. The third-order valence-electron chi connectivity index (χ3n) is 3.25. The van der Waals surface area contributed by atoms with Gasteiger partial charge in [0.2, 0.25) is 0 Å². The molecule has 0 atom stereocenters. The summed E-state index contributed by atoms with van der Waals surface area (Å²) in [7, 11) is 0. The van der Waals surface area contributed by atoms with Gasteiger partial charge in [0.25, 0.3) is 0 Å². The van der Waals surface area contributed by atoms with E-state index in [2.05, 4.69) is 19.9 Å². The Hall–Kier alpha value is -0.590. The zero-order valence-electron chi connectivity index (χ0n) is 10.5. The highest BCUT2D eigenvalue weighted by atomic mass is 16.5. The van der Waals surface area contributed by atoms with Crippen LogP contribution in [0.15, 0.2) is 0 Å². The van der Waals surface area contributed by atoms with Gasteiger partial charge in [-0.2, -0.15) is 5.26 Å². The Morgan fingerprint density at radius 3 is 2.56 bits per heavy atom. The lowest BCUT2D eigenvalue weighted by atomic mass is 9.79. The minimum Gasteiger partial charge on any atom is -0.381 e. The monoisotopic (exact) mass is 225 g/mol. The van der Waals surface area contributed by atoms with Crippen molar-refractivity contribution >= 4 is 0 Å². The number of rotatable bonds is 6. The Labute approximate surface area is 98.7 Å². The lowest BCUT2D eigenvalue weighted by Gasteiger charge is -2.30. The van der Waals surface area contributed by atoms with Gasteiger partial charge in [-0.1, -0.05) is 13.8 Å². The third-order valence-corrected chi connectivity index (χ3v) is 3.25. The fourth-order valence-corrected chi connectivity index (χ4v) is 1.87. The number of hydrogen-bond acceptors (Lipinski definition) is 3. The molecule has 0 aromatic rings. The van der Waals surface area contributed by atoms with E-state index in [0.29, 0.717) is 12.5 Å². The molecule has 0 aromatic heterocycles. The van der Waals surface area contributed by atoms with Crippen LogP contribution in [-0.2, 0) is 9.47 Å². The Bertz CT molecular complexity index is 227. The quantitative estimate of drug-likeness (QED) is 0.653. The molecule has 1 aliphatic rings. The predicted octanol–water partition coefficient (Wildman–Crippen LogP) is 2.76. The summed E-state index contributed by atoms with van der Waals surface area (Å²) in [5.74, 6) is 0.688. The molecule has 3 heteroatoms. The second kappa shape index (κ2) is 6.88. The molecule has 1 heterocycles. The predicted molar refractivity (Wildman–Crippen MR) is 63.0 cm³/mol. The van der Waals surface area contributed by atoms with Crippen LogP contribution in [-0.4, -0.2) is 26.4 Å². The maximum atomic E-state index is 9.23. The van der Waals surface area contributed by atoms with E-state index in [4.69, 9.17) is 9.47 Å². The van der Waals surface area contributed by atoms with Gasteiger partial charge in [-0.05, 0) is 31.6 Å². The van der Waals surface area contributed by atoms with E-state index in [-0.39, 0.29) is 5.41 Å². The number of nitriles is 1. The highest BCUT2D eigenvalue weighted by Gasteiger charge is 2.32. The van der Waals surface area contributed by atoms with Crippen LogP contribution in [0.3, 0.4) is 0 Å². The number of hydrogen-bond donors (Lipinski definition) is 0. The molecule has 0 saturated carbocycles. The highest BCUT2D eigenvalue weighted by Crippen LogP contribution is 2.33. The fraction of sp³-hybridized carbons (Fsp3) is 0.923. The first-order valence-electron chi connectivity index (χ1n) is 6.25. The van der Waals surface area contributed by atoms with Crippen molar-refractivity contribution in [3.05, 3.63) is 0 Å². The lowest BCUT2D eigenvalue weighted by molar-refractivity contribution is 0.0188. The zero-order valence-corrected chi connectivity index (χ0v) is 10.5. The van der Waals surface area contributed by atoms with E-state index in [1.807, 2.05) is 0 Å². The maximum absolute atomic E-state index is 9.23. The van der Waals surface area contributed by atoms with E-state index in [0.717, 1.165) is 45.5 Å². The lowest BCUT2D eigenvalue weighted by Crippen LogP contribution is -2.29. The van der Waals surface area contributed by atoms with Gasteiger partial charge in [0.15, 0.2) is 0 Å². The van der Waals surface area contributed by atoms with Crippen molar-refractivity contribution in [2.24, 2.45) is 11.3 Å². The van der Waals surface area contributed by atoms with Crippen LogP contribution < -0.4 is 0 Å². The number of nitrogens with zero attached hydrogens (tertiary/aromatic N) is 1. The Morgan fingerprint density at radius 1 is 1.31 bits per heavy atom. The van der Waals surface area contributed by atoms with Crippen LogP contribution in [0.1, 0.15) is 39.5 Å². The first-order chi connectivity index (χ1) is 7.68. The van der Waals surface area contributed by atoms with Gasteiger partial charge in [0.05, 0.1) is 11.5 Å². The van der Waals surface area contributed by atoms with Gasteiger partial charge < -0.3 is 9.47 Å². The van der Waals surface area contributed by atoms with E-state index < -0.39 is 0 Å². The summed E-state index contributed by atoms with van der Waals surface area (Å²) in [4.78, 5) is 0. The second-order valence-corrected chi connectivity index (χ2v) is 5.05. The van der Waals surface area contributed by atoms with E-state index in [1.165, 1.54) is 0 Å². The smallest absolute Gasteiger partial charge is 0.0692 e. The zero-order chi connectivity index (χ0) is 11.9. The Balaban J connectivity index is 2.16. The Morgan fingerprint density at radius 2 is 2.00 bits per heavy atom. The van der Waals surface area contributed by atoms with Crippen molar-refractivity contribution in [2.75, 3.05) is 26.4 Å². The summed E-state index contributed by atoms with van der Waals surface area (Å²) in [5, 5.41) is 9.23. The van der Waals surface area contributed by atoms with E-state index >= 15 is 0 Å². The van der Waals surface area contributed by atoms with Crippen LogP contribution in [0, 0.1) is 22.7 Å². The van der Waals surface area contributed by atoms with Gasteiger partial charge in [-0.3, -0.25) is 0 Å². The normalized spacial score (nSPS) is 19.6. The molecule has 0 aliphatic carbocycles. The minimum absolute atomic E-state index is 0.184. The standard InChI is InChI=1S/C13H23NO2/c1-12(2)3-7-15-8-4-13(11-14)5-9-16-10-6-13/h12H,3-10H2,1-2H3. The average Bonchev–Trinajstić information content (AvgIpc) is 2.29. The molecule has 3 nitrogen and oxygen atoms in total. The van der Waals surface area contributed by atoms with Crippen LogP contribution in [0.25, 0.3) is 0 Å². The topological polar surface area (TPSA) is 42.2 Å². The highest BCUT2D eigenvalue weighted by molar-refractivity contribution is 4.99. The van der Waals surface area contributed by atoms with Gasteiger partial charge in [0.1, 0.15) is 0 Å². The molecule has 0 N–H and O–H groups in total. The molecule has 1 fully saturated rings. The van der Waals surface area contributed by atoms with Crippen molar-refractivity contribution in [2.45, 2.75) is 39.5 Å². The molecular weight excluding hydrogens is 202 g/mol. The van der Waals surface area contributed by atoms with Gasteiger partial charge in [0, 0.05) is 26.4 Å². The van der Waals surface area contributed by atoms with Crippen molar-refractivity contribution < 1.29 is 9.47 Å². The summed E-state index contributed by atoms with van der Waals surface area (Å²) in [6.07, 6.45) is 3.67. The molecule has 16 heavy (non-hydrogen) atoms. The summed E-state index contributed by atoms with van der Waals surface area (Å²) >= 11 is 0. The summed E-state index contributed by atoms with van der Waals surface area (Å²) in [6.45, 7) is 7.35. The van der Waals surface area contributed by atoms with E-state index in [9.17, 15) is 5.26 Å². The molecule has 1 aliphatic heterocycles. The molecule has 0 bridgehead atoms. The Kier molecular flexibility index (Phi) is 5.79. The van der Waals surface area contributed by atoms with Gasteiger partial charge in [-0.25, -0.2) is 0 Å².